The van der Waals surface area contributed by atoms with Gasteiger partial charge in [0.15, 0.2) is 11.5 Å². The molecular weight excluding hydrogens is 298 g/mol. The Morgan fingerprint density at radius 1 is 0.909 bits per heavy atom. The second-order valence-electron chi connectivity index (χ2n) is 5.07. The Bertz CT molecular complexity index is 877. The third kappa shape index (κ3) is 2.07. The number of ether oxygens (including phenoxy) is 1. The van der Waals surface area contributed by atoms with Crippen molar-refractivity contribution in [2.24, 2.45) is 0 Å². The fourth-order valence-corrected chi connectivity index (χ4v) is 2.75. The summed E-state index contributed by atoms with van der Waals surface area (Å²) in [6.45, 7) is 0. The molecule has 0 atom stereocenters. The molecule has 0 aliphatic carbocycles. The zero-order valence-corrected chi connectivity index (χ0v) is 12.3. The molecule has 0 aromatic heterocycles. The van der Waals surface area contributed by atoms with Gasteiger partial charge >= 0.3 is 0 Å². The number of halogens is 1. The number of para-hydroxylation sites is 3. The third-order valence-electron chi connectivity index (χ3n) is 3.65. The average Bonchev–Trinajstić information content (AvgIpc) is 2.55. The van der Waals surface area contributed by atoms with E-state index in [1.54, 1.807) is 12.1 Å². The van der Waals surface area contributed by atoms with Crippen molar-refractivity contribution >= 4 is 23.0 Å². The summed E-state index contributed by atoms with van der Waals surface area (Å²) in [6.07, 6.45) is 0. The van der Waals surface area contributed by atoms with Gasteiger partial charge in [0.2, 0.25) is 0 Å². The summed E-state index contributed by atoms with van der Waals surface area (Å²) in [5, 5.41) is 13.3. The minimum Gasteiger partial charge on any atom is -0.506 e. The highest BCUT2D eigenvalue weighted by Crippen LogP contribution is 2.46. The summed E-state index contributed by atoms with van der Waals surface area (Å²) < 4.78 is 5.95. The molecule has 3 nitrogen and oxygen atoms in total. The number of rotatable bonds is 1. The van der Waals surface area contributed by atoms with E-state index in [-0.39, 0.29) is 5.75 Å². The van der Waals surface area contributed by atoms with Crippen LogP contribution in [0.25, 0.3) is 11.1 Å². The number of benzene rings is 3. The van der Waals surface area contributed by atoms with Gasteiger partial charge in [0.25, 0.3) is 0 Å². The first-order valence-corrected chi connectivity index (χ1v) is 7.26. The molecule has 0 amide bonds. The quantitative estimate of drug-likeness (QED) is 0.483. The van der Waals surface area contributed by atoms with E-state index in [1.165, 1.54) is 0 Å². The largest absolute Gasteiger partial charge is 0.506 e. The molecule has 0 radical (unpaired) electrons. The SMILES string of the molecule is Oc1ccc(-c2cccc3c2Nc2ccccc2O3)cc1Cl. The maximum absolute atomic E-state index is 9.59. The van der Waals surface area contributed by atoms with Crippen LogP contribution in [0.4, 0.5) is 11.4 Å². The molecular formula is C18H12ClNO2. The van der Waals surface area contributed by atoms with Crippen molar-refractivity contribution in [3.63, 3.8) is 0 Å². The highest BCUT2D eigenvalue weighted by Gasteiger charge is 2.19. The van der Waals surface area contributed by atoms with E-state index in [0.717, 1.165) is 34.0 Å². The van der Waals surface area contributed by atoms with Crippen LogP contribution in [0.15, 0.2) is 60.7 Å². The molecule has 0 bridgehead atoms. The molecule has 1 aliphatic rings. The van der Waals surface area contributed by atoms with Crippen LogP contribution in [0.3, 0.4) is 0 Å². The molecule has 0 saturated heterocycles. The van der Waals surface area contributed by atoms with Crippen LogP contribution < -0.4 is 10.1 Å². The summed E-state index contributed by atoms with van der Waals surface area (Å²) in [6, 6.07) is 18.8. The molecule has 22 heavy (non-hydrogen) atoms. The van der Waals surface area contributed by atoms with Gasteiger partial charge in [-0.25, -0.2) is 0 Å². The number of hydrogen-bond donors (Lipinski definition) is 2. The van der Waals surface area contributed by atoms with Crippen molar-refractivity contribution in [2.75, 3.05) is 5.32 Å². The lowest BCUT2D eigenvalue weighted by Gasteiger charge is -2.24. The van der Waals surface area contributed by atoms with Gasteiger partial charge in [-0.2, -0.15) is 0 Å². The third-order valence-corrected chi connectivity index (χ3v) is 3.95. The second kappa shape index (κ2) is 4.97. The highest BCUT2D eigenvalue weighted by atomic mass is 35.5. The fourth-order valence-electron chi connectivity index (χ4n) is 2.57. The summed E-state index contributed by atoms with van der Waals surface area (Å²) in [4.78, 5) is 0. The van der Waals surface area contributed by atoms with Crippen molar-refractivity contribution in [3.05, 3.63) is 65.7 Å². The Morgan fingerprint density at radius 2 is 1.73 bits per heavy atom. The van der Waals surface area contributed by atoms with Crippen molar-refractivity contribution in [2.45, 2.75) is 0 Å². The molecule has 0 spiro atoms. The summed E-state index contributed by atoms with van der Waals surface area (Å²) in [7, 11) is 0. The van der Waals surface area contributed by atoms with E-state index in [2.05, 4.69) is 5.32 Å². The van der Waals surface area contributed by atoms with E-state index >= 15 is 0 Å². The Labute approximate surface area is 132 Å². The van der Waals surface area contributed by atoms with E-state index < -0.39 is 0 Å². The van der Waals surface area contributed by atoms with Gasteiger partial charge in [-0.15, -0.1) is 0 Å². The molecule has 0 saturated carbocycles. The van der Waals surface area contributed by atoms with E-state index in [1.807, 2.05) is 48.5 Å². The normalized spacial score (nSPS) is 11.9. The minimum atomic E-state index is 0.0739. The molecule has 3 aromatic carbocycles. The van der Waals surface area contributed by atoms with Crippen LogP contribution in [-0.4, -0.2) is 5.11 Å². The molecule has 2 N–H and O–H groups in total. The zero-order valence-electron chi connectivity index (χ0n) is 11.5. The minimum absolute atomic E-state index is 0.0739. The van der Waals surface area contributed by atoms with Crippen molar-refractivity contribution in [1.82, 2.24) is 0 Å². The number of nitrogens with one attached hydrogen (secondary N) is 1. The number of phenolic OH excluding ortho intramolecular Hbond substituents is 1. The predicted octanol–water partition coefficient (Wildman–Crippen LogP) is 5.56. The van der Waals surface area contributed by atoms with Crippen LogP contribution in [0.2, 0.25) is 5.02 Å². The van der Waals surface area contributed by atoms with E-state index in [4.69, 9.17) is 16.3 Å². The van der Waals surface area contributed by atoms with Gasteiger partial charge in [-0.3, -0.25) is 0 Å². The van der Waals surface area contributed by atoms with Crippen molar-refractivity contribution in [3.8, 4) is 28.4 Å². The van der Waals surface area contributed by atoms with E-state index in [9.17, 15) is 5.11 Å². The van der Waals surface area contributed by atoms with Gasteiger partial charge in [-0.05, 0) is 35.9 Å². The van der Waals surface area contributed by atoms with Gasteiger partial charge < -0.3 is 15.2 Å². The molecule has 0 fully saturated rings. The Morgan fingerprint density at radius 3 is 2.59 bits per heavy atom. The predicted molar refractivity (Wildman–Crippen MR) is 88.4 cm³/mol. The molecule has 108 valence electrons. The standard InChI is InChI=1S/C18H12ClNO2/c19-13-10-11(8-9-15(13)21)12-4-3-7-17-18(12)20-14-5-1-2-6-16(14)22-17/h1-10,20-21H. The molecule has 4 heteroatoms. The Balaban J connectivity index is 1.85. The molecule has 3 aromatic rings. The highest BCUT2D eigenvalue weighted by molar-refractivity contribution is 6.32. The van der Waals surface area contributed by atoms with E-state index in [0.29, 0.717) is 5.02 Å². The van der Waals surface area contributed by atoms with Crippen LogP contribution in [0.5, 0.6) is 17.2 Å². The average molecular weight is 310 g/mol. The second-order valence-corrected chi connectivity index (χ2v) is 5.48. The van der Waals surface area contributed by atoms with Gasteiger partial charge in [0, 0.05) is 5.56 Å². The van der Waals surface area contributed by atoms with Crippen molar-refractivity contribution < 1.29 is 9.84 Å². The molecule has 4 rings (SSSR count). The Hall–Kier alpha value is -2.65. The smallest absolute Gasteiger partial charge is 0.151 e. The molecule has 0 unspecified atom stereocenters. The lowest BCUT2D eigenvalue weighted by atomic mass is 10.0. The lowest BCUT2D eigenvalue weighted by Crippen LogP contribution is -2.03. The van der Waals surface area contributed by atoms with Crippen LogP contribution in [0, 0.1) is 0 Å². The monoisotopic (exact) mass is 309 g/mol. The number of hydrogen-bond acceptors (Lipinski definition) is 3. The number of aromatic hydroxyl groups is 1. The van der Waals surface area contributed by atoms with Crippen LogP contribution in [0.1, 0.15) is 0 Å². The topological polar surface area (TPSA) is 41.5 Å². The first-order valence-electron chi connectivity index (χ1n) is 6.88. The summed E-state index contributed by atoms with van der Waals surface area (Å²) >= 11 is 6.03. The van der Waals surface area contributed by atoms with Crippen LogP contribution >= 0.6 is 11.6 Å². The zero-order chi connectivity index (χ0) is 15.1. The number of anilines is 2. The first kappa shape index (κ1) is 13.0. The fraction of sp³-hybridized carbons (Fsp3) is 0. The van der Waals surface area contributed by atoms with Crippen molar-refractivity contribution in [1.29, 1.82) is 0 Å². The van der Waals surface area contributed by atoms with Gasteiger partial charge in [0.1, 0.15) is 5.75 Å². The summed E-state index contributed by atoms with van der Waals surface area (Å²) in [5.74, 6) is 1.64. The Kier molecular flexibility index (Phi) is 2.94. The first-order chi connectivity index (χ1) is 10.7. The summed E-state index contributed by atoms with van der Waals surface area (Å²) in [5.41, 5.74) is 3.69. The lowest BCUT2D eigenvalue weighted by molar-refractivity contribution is 0.475. The maximum atomic E-state index is 9.59. The van der Waals surface area contributed by atoms with Crippen LogP contribution in [-0.2, 0) is 0 Å². The molecule has 1 heterocycles. The number of phenols is 1. The maximum Gasteiger partial charge on any atom is 0.151 e. The molecule has 1 aliphatic heterocycles. The van der Waals surface area contributed by atoms with Gasteiger partial charge in [-0.1, -0.05) is 41.9 Å². The van der Waals surface area contributed by atoms with Gasteiger partial charge in [0.05, 0.1) is 16.4 Å². The number of fused-ring (bicyclic) bond motifs is 2.